The van der Waals surface area contributed by atoms with E-state index in [0.717, 1.165) is 22.9 Å². The van der Waals surface area contributed by atoms with Crippen molar-refractivity contribution < 1.29 is 14.0 Å². The van der Waals surface area contributed by atoms with E-state index in [1.54, 1.807) is 0 Å². The molecular weight excluding hydrogens is 345 g/mol. The topological polar surface area (TPSA) is 65.2 Å². The number of hydrogen-bond acceptors (Lipinski definition) is 2. The number of nitrogens with one attached hydrogen (secondary N) is 2. The van der Waals surface area contributed by atoms with Crippen molar-refractivity contribution in [1.82, 2.24) is 10.3 Å². The van der Waals surface area contributed by atoms with Gasteiger partial charge in [-0.05, 0) is 42.3 Å². The lowest BCUT2D eigenvalue weighted by molar-refractivity contribution is -0.121. The van der Waals surface area contributed by atoms with E-state index < -0.39 is 0 Å². The van der Waals surface area contributed by atoms with Crippen molar-refractivity contribution in [1.29, 1.82) is 0 Å². The average molecular weight is 367 g/mol. The molecule has 2 N–H and O–H groups in total. The number of aromatic nitrogens is 1. The average Bonchev–Trinajstić information content (AvgIpc) is 3.06. The molecule has 3 aromatic rings. The van der Waals surface area contributed by atoms with E-state index >= 15 is 0 Å². The van der Waals surface area contributed by atoms with Gasteiger partial charge in [-0.25, -0.2) is 4.39 Å². The van der Waals surface area contributed by atoms with Crippen molar-refractivity contribution in [2.75, 3.05) is 18.0 Å². The number of para-hydroxylation sites is 1. The molecule has 0 aliphatic rings. The maximum absolute atomic E-state index is 13.0. The predicted molar refractivity (Wildman–Crippen MR) is 104 cm³/mol. The maximum Gasteiger partial charge on any atom is 0.223 e. The molecule has 5 nitrogen and oxygen atoms in total. The number of fused-ring (bicyclic) bond motifs is 1. The molecule has 0 fully saturated rings. The number of carbonyl (C=O) groups is 2. The number of hydrogen-bond donors (Lipinski definition) is 2. The molecule has 0 aliphatic carbocycles. The van der Waals surface area contributed by atoms with Gasteiger partial charge in [-0.3, -0.25) is 9.59 Å². The van der Waals surface area contributed by atoms with Gasteiger partial charge in [0.05, 0.1) is 0 Å². The Bertz CT molecular complexity index is 934. The normalized spacial score (nSPS) is 10.7. The van der Waals surface area contributed by atoms with Crippen molar-refractivity contribution in [2.24, 2.45) is 0 Å². The van der Waals surface area contributed by atoms with E-state index in [1.807, 2.05) is 24.4 Å². The first kappa shape index (κ1) is 18.6. The van der Waals surface area contributed by atoms with E-state index in [9.17, 15) is 14.0 Å². The summed E-state index contributed by atoms with van der Waals surface area (Å²) < 4.78 is 13.0. The first-order valence-corrected chi connectivity index (χ1v) is 8.90. The third-order valence-corrected chi connectivity index (χ3v) is 4.47. The van der Waals surface area contributed by atoms with E-state index in [0.29, 0.717) is 12.2 Å². The Balaban J connectivity index is 1.49. The second kappa shape index (κ2) is 8.49. The zero-order valence-electron chi connectivity index (χ0n) is 15.2. The van der Waals surface area contributed by atoms with Crippen molar-refractivity contribution in [3.63, 3.8) is 0 Å². The fraction of sp³-hybridized carbons (Fsp3) is 0.238. The molecule has 6 heteroatoms. The number of H-pyrrole nitrogens is 1. The van der Waals surface area contributed by atoms with Crippen molar-refractivity contribution in [3.8, 4) is 0 Å². The fourth-order valence-corrected chi connectivity index (χ4v) is 3.07. The summed E-state index contributed by atoms with van der Waals surface area (Å²) in [4.78, 5) is 28.7. The Labute approximate surface area is 157 Å². The van der Waals surface area contributed by atoms with Crippen molar-refractivity contribution in [3.05, 3.63) is 66.1 Å². The van der Waals surface area contributed by atoms with Crippen LogP contribution in [0.3, 0.4) is 0 Å². The van der Waals surface area contributed by atoms with Crippen molar-refractivity contribution in [2.45, 2.75) is 19.8 Å². The van der Waals surface area contributed by atoms with Crippen LogP contribution in [0.2, 0.25) is 0 Å². The predicted octanol–water partition coefficient (Wildman–Crippen LogP) is 3.41. The van der Waals surface area contributed by atoms with E-state index in [4.69, 9.17) is 0 Å². The van der Waals surface area contributed by atoms with Gasteiger partial charge < -0.3 is 15.2 Å². The van der Waals surface area contributed by atoms with Crippen LogP contribution in [0.25, 0.3) is 10.9 Å². The standard InChI is InChI=1S/C21H22FN3O2/c1-15(26)25(18-8-6-17(22)7-9-18)13-11-21(27)23-12-10-16-14-24-20-5-3-2-4-19(16)20/h2-9,14,24H,10-13H2,1H3,(H,23,27). The fourth-order valence-electron chi connectivity index (χ4n) is 3.07. The molecule has 140 valence electrons. The highest BCUT2D eigenvalue weighted by molar-refractivity contribution is 5.92. The summed E-state index contributed by atoms with van der Waals surface area (Å²) in [7, 11) is 0. The second-order valence-electron chi connectivity index (χ2n) is 6.36. The molecular formula is C21H22FN3O2. The number of aromatic amines is 1. The molecule has 27 heavy (non-hydrogen) atoms. The number of carbonyl (C=O) groups excluding carboxylic acids is 2. The van der Waals surface area contributed by atoms with Crippen LogP contribution in [-0.4, -0.2) is 29.9 Å². The molecule has 1 aromatic heterocycles. The lowest BCUT2D eigenvalue weighted by Crippen LogP contribution is -2.34. The van der Waals surface area contributed by atoms with Gasteiger partial charge in [0.25, 0.3) is 0 Å². The van der Waals surface area contributed by atoms with Gasteiger partial charge >= 0.3 is 0 Å². The summed E-state index contributed by atoms with van der Waals surface area (Å²) in [5.74, 6) is -0.673. The van der Waals surface area contributed by atoms with Gasteiger partial charge in [0.1, 0.15) is 5.82 Å². The molecule has 3 rings (SSSR count). The number of rotatable bonds is 7. The molecule has 0 aliphatic heterocycles. The molecule has 0 spiro atoms. The van der Waals surface area contributed by atoms with Crippen LogP contribution in [0.1, 0.15) is 18.9 Å². The van der Waals surface area contributed by atoms with Crippen LogP contribution >= 0.6 is 0 Å². The molecule has 0 bridgehead atoms. The lowest BCUT2D eigenvalue weighted by atomic mass is 10.1. The third kappa shape index (κ3) is 4.73. The van der Waals surface area contributed by atoms with E-state index in [1.165, 1.54) is 36.1 Å². The molecule has 2 amide bonds. The molecule has 0 unspecified atom stereocenters. The van der Waals surface area contributed by atoms with Crippen LogP contribution in [0, 0.1) is 5.82 Å². The quantitative estimate of drug-likeness (QED) is 0.672. The Kier molecular flexibility index (Phi) is 5.86. The number of benzene rings is 2. The highest BCUT2D eigenvalue weighted by Gasteiger charge is 2.13. The van der Waals surface area contributed by atoms with Crippen LogP contribution in [0.15, 0.2) is 54.7 Å². The summed E-state index contributed by atoms with van der Waals surface area (Å²) in [6, 6.07) is 13.7. The Hall–Kier alpha value is -3.15. The minimum absolute atomic E-state index is 0.122. The van der Waals surface area contributed by atoms with E-state index in [2.05, 4.69) is 16.4 Å². The van der Waals surface area contributed by atoms with Gasteiger partial charge in [0.2, 0.25) is 11.8 Å². The van der Waals surface area contributed by atoms with Gasteiger partial charge in [-0.1, -0.05) is 18.2 Å². The highest BCUT2D eigenvalue weighted by atomic mass is 19.1. The summed E-state index contributed by atoms with van der Waals surface area (Å²) in [5.41, 5.74) is 2.81. The number of amides is 2. The zero-order valence-corrected chi connectivity index (χ0v) is 15.2. The van der Waals surface area contributed by atoms with Crippen molar-refractivity contribution >= 4 is 28.4 Å². The first-order chi connectivity index (χ1) is 13.0. The third-order valence-electron chi connectivity index (χ3n) is 4.47. The molecule has 0 saturated carbocycles. The molecule has 2 aromatic carbocycles. The van der Waals surface area contributed by atoms with Gasteiger partial charge in [-0.15, -0.1) is 0 Å². The van der Waals surface area contributed by atoms with E-state index in [-0.39, 0.29) is 30.6 Å². The first-order valence-electron chi connectivity index (χ1n) is 8.90. The minimum Gasteiger partial charge on any atom is -0.361 e. The largest absolute Gasteiger partial charge is 0.361 e. The van der Waals surface area contributed by atoms with Crippen LogP contribution in [-0.2, 0) is 16.0 Å². The molecule has 0 radical (unpaired) electrons. The minimum atomic E-state index is -0.364. The summed E-state index contributed by atoms with van der Waals surface area (Å²) >= 11 is 0. The number of nitrogens with zero attached hydrogens (tertiary/aromatic N) is 1. The molecule has 0 saturated heterocycles. The summed E-state index contributed by atoms with van der Waals surface area (Å²) in [6.07, 6.45) is 2.87. The lowest BCUT2D eigenvalue weighted by Gasteiger charge is -2.21. The maximum atomic E-state index is 13.0. The zero-order chi connectivity index (χ0) is 19.2. The van der Waals surface area contributed by atoms with Crippen LogP contribution in [0.5, 0.6) is 0 Å². The SMILES string of the molecule is CC(=O)N(CCC(=O)NCCc1c[nH]c2ccccc12)c1ccc(F)cc1. The van der Waals surface area contributed by atoms with Crippen LogP contribution in [0.4, 0.5) is 10.1 Å². The van der Waals surface area contributed by atoms with Gasteiger partial charge in [0, 0.05) is 49.2 Å². The highest BCUT2D eigenvalue weighted by Crippen LogP contribution is 2.18. The molecule has 0 atom stereocenters. The number of halogens is 1. The van der Waals surface area contributed by atoms with Crippen LogP contribution < -0.4 is 10.2 Å². The number of anilines is 1. The Morgan fingerprint density at radius 2 is 1.85 bits per heavy atom. The van der Waals surface area contributed by atoms with Gasteiger partial charge in [-0.2, -0.15) is 0 Å². The Morgan fingerprint density at radius 3 is 2.59 bits per heavy atom. The molecule has 1 heterocycles. The smallest absolute Gasteiger partial charge is 0.223 e. The van der Waals surface area contributed by atoms with Gasteiger partial charge in [0.15, 0.2) is 0 Å². The monoisotopic (exact) mass is 367 g/mol. The Morgan fingerprint density at radius 1 is 1.11 bits per heavy atom. The summed E-state index contributed by atoms with van der Waals surface area (Å²) in [5, 5.41) is 4.05. The summed E-state index contributed by atoms with van der Waals surface area (Å²) in [6.45, 7) is 2.20. The second-order valence-corrected chi connectivity index (χ2v) is 6.36.